The predicted octanol–water partition coefficient (Wildman–Crippen LogP) is 1.79. The first kappa shape index (κ1) is 14.3. The fourth-order valence-corrected chi connectivity index (χ4v) is 1.82. The number of methoxy groups -OCH3 is 1. The summed E-state index contributed by atoms with van der Waals surface area (Å²) in [5.41, 5.74) is 0.556. The zero-order chi connectivity index (χ0) is 12.8. The number of aliphatic hydroxyl groups is 1. The Kier molecular flexibility index (Phi) is 5.71. The lowest BCUT2D eigenvalue weighted by atomic mass is 10.1. The molecular weight excluding hydrogens is 265 g/mol. The van der Waals surface area contributed by atoms with Crippen LogP contribution in [0.3, 0.4) is 0 Å². The van der Waals surface area contributed by atoms with E-state index in [9.17, 15) is 9.90 Å². The second-order valence-electron chi connectivity index (χ2n) is 3.46. The van der Waals surface area contributed by atoms with E-state index in [1.165, 1.54) is 7.11 Å². The van der Waals surface area contributed by atoms with Gasteiger partial charge in [0.2, 0.25) is 5.91 Å². The number of carbonyl (C=O) groups excluding carboxylic acids is 1. The summed E-state index contributed by atoms with van der Waals surface area (Å²) in [7, 11) is 1.42. The topological polar surface area (TPSA) is 58.6 Å². The minimum atomic E-state index is -0.855. The minimum absolute atomic E-state index is 0.0387. The average Bonchev–Trinajstić information content (AvgIpc) is 2.25. The molecule has 4 nitrogen and oxygen atoms in total. The first-order valence-corrected chi connectivity index (χ1v) is 5.68. The van der Waals surface area contributed by atoms with Crippen molar-refractivity contribution in [1.29, 1.82) is 0 Å². The molecule has 0 heterocycles. The van der Waals surface area contributed by atoms with E-state index >= 15 is 0 Å². The smallest absolute Gasteiger partial charge is 0.246 e. The molecule has 1 unspecified atom stereocenters. The highest BCUT2D eigenvalue weighted by Crippen LogP contribution is 2.23. The van der Waals surface area contributed by atoms with Crippen LogP contribution in [-0.4, -0.2) is 31.3 Å². The van der Waals surface area contributed by atoms with E-state index in [-0.39, 0.29) is 19.1 Å². The van der Waals surface area contributed by atoms with Gasteiger partial charge >= 0.3 is 0 Å². The Morgan fingerprint density at radius 3 is 2.53 bits per heavy atom. The normalized spacial score (nSPS) is 12.2. The molecule has 6 heteroatoms. The van der Waals surface area contributed by atoms with Crippen molar-refractivity contribution in [1.82, 2.24) is 5.32 Å². The van der Waals surface area contributed by atoms with Crippen LogP contribution < -0.4 is 5.32 Å². The molecule has 0 aliphatic rings. The summed E-state index contributed by atoms with van der Waals surface area (Å²) >= 11 is 11.6. The molecule has 0 aliphatic heterocycles. The summed E-state index contributed by atoms with van der Waals surface area (Å²) in [6.45, 7) is 0.0435. The van der Waals surface area contributed by atoms with Gasteiger partial charge in [-0.1, -0.05) is 23.2 Å². The molecule has 1 aromatic rings. The molecule has 17 heavy (non-hydrogen) atoms. The number of rotatable bonds is 5. The average molecular weight is 278 g/mol. The molecule has 2 N–H and O–H groups in total. The van der Waals surface area contributed by atoms with Gasteiger partial charge in [-0.05, 0) is 23.8 Å². The van der Waals surface area contributed by atoms with Gasteiger partial charge in [-0.3, -0.25) is 4.79 Å². The van der Waals surface area contributed by atoms with E-state index in [4.69, 9.17) is 23.2 Å². The van der Waals surface area contributed by atoms with Crippen molar-refractivity contribution in [3.63, 3.8) is 0 Å². The standard InChI is InChI=1S/C11H13Cl2NO3/c1-17-6-11(16)14-5-10(15)7-2-8(12)4-9(13)3-7/h2-4,10,15H,5-6H2,1H3,(H,14,16). The van der Waals surface area contributed by atoms with Crippen LogP contribution in [0.1, 0.15) is 11.7 Å². The third kappa shape index (κ3) is 4.91. The Bertz CT molecular complexity index is 378. The van der Waals surface area contributed by atoms with Crippen molar-refractivity contribution in [3.8, 4) is 0 Å². The van der Waals surface area contributed by atoms with Crippen LogP contribution in [-0.2, 0) is 9.53 Å². The predicted molar refractivity (Wildman–Crippen MR) is 66.3 cm³/mol. The van der Waals surface area contributed by atoms with E-state index in [0.29, 0.717) is 15.6 Å². The summed E-state index contributed by atoms with van der Waals surface area (Å²) in [4.78, 5) is 11.1. The summed E-state index contributed by atoms with van der Waals surface area (Å²) in [6.07, 6.45) is -0.855. The summed E-state index contributed by atoms with van der Waals surface area (Å²) in [5, 5.41) is 13.2. The fourth-order valence-electron chi connectivity index (χ4n) is 1.28. The molecule has 94 valence electrons. The van der Waals surface area contributed by atoms with E-state index < -0.39 is 6.10 Å². The van der Waals surface area contributed by atoms with Crippen LogP contribution in [0.15, 0.2) is 18.2 Å². The van der Waals surface area contributed by atoms with Gasteiger partial charge in [0.1, 0.15) is 6.61 Å². The second-order valence-corrected chi connectivity index (χ2v) is 4.33. The lowest BCUT2D eigenvalue weighted by molar-refractivity contribution is -0.125. The van der Waals surface area contributed by atoms with Gasteiger partial charge in [-0.25, -0.2) is 0 Å². The first-order chi connectivity index (χ1) is 8.02. The number of ether oxygens (including phenoxy) is 1. The van der Waals surface area contributed by atoms with Crippen molar-refractivity contribution in [2.45, 2.75) is 6.10 Å². The summed E-state index contributed by atoms with van der Waals surface area (Å²) in [6, 6.07) is 4.77. The maximum Gasteiger partial charge on any atom is 0.246 e. The highest BCUT2D eigenvalue weighted by Gasteiger charge is 2.10. The fraction of sp³-hybridized carbons (Fsp3) is 0.364. The van der Waals surface area contributed by atoms with Crippen molar-refractivity contribution >= 4 is 29.1 Å². The maximum absolute atomic E-state index is 11.1. The lowest BCUT2D eigenvalue weighted by Crippen LogP contribution is -2.31. The molecule has 1 rings (SSSR count). The van der Waals surface area contributed by atoms with Crippen molar-refractivity contribution in [3.05, 3.63) is 33.8 Å². The Morgan fingerprint density at radius 1 is 1.41 bits per heavy atom. The molecule has 0 radical (unpaired) electrons. The molecule has 0 saturated carbocycles. The molecule has 0 aromatic heterocycles. The number of halogens is 2. The SMILES string of the molecule is COCC(=O)NCC(O)c1cc(Cl)cc(Cl)c1. The highest BCUT2D eigenvalue weighted by atomic mass is 35.5. The van der Waals surface area contributed by atoms with Gasteiger partial charge in [-0.15, -0.1) is 0 Å². The van der Waals surface area contributed by atoms with Gasteiger partial charge in [-0.2, -0.15) is 0 Å². The molecule has 0 bridgehead atoms. The summed E-state index contributed by atoms with van der Waals surface area (Å²) in [5.74, 6) is -0.292. The van der Waals surface area contributed by atoms with Crippen LogP contribution in [0.5, 0.6) is 0 Å². The number of benzene rings is 1. The molecule has 0 saturated heterocycles. The largest absolute Gasteiger partial charge is 0.387 e. The first-order valence-electron chi connectivity index (χ1n) is 4.92. The van der Waals surface area contributed by atoms with Crippen molar-refractivity contribution in [2.24, 2.45) is 0 Å². The Balaban J connectivity index is 2.57. The maximum atomic E-state index is 11.1. The quantitative estimate of drug-likeness (QED) is 0.863. The molecule has 0 aliphatic carbocycles. The summed E-state index contributed by atoms with van der Waals surface area (Å²) < 4.78 is 4.64. The molecule has 1 atom stereocenters. The molecule has 1 amide bonds. The van der Waals surface area contributed by atoms with Crippen LogP contribution in [0.4, 0.5) is 0 Å². The van der Waals surface area contributed by atoms with Gasteiger partial charge in [0, 0.05) is 23.7 Å². The molecular formula is C11H13Cl2NO3. The third-order valence-corrected chi connectivity index (χ3v) is 2.47. The van der Waals surface area contributed by atoms with Gasteiger partial charge in [0.15, 0.2) is 0 Å². The van der Waals surface area contributed by atoms with Crippen LogP contribution in [0.2, 0.25) is 10.0 Å². The number of hydrogen-bond donors (Lipinski definition) is 2. The minimum Gasteiger partial charge on any atom is -0.387 e. The van der Waals surface area contributed by atoms with Gasteiger partial charge < -0.3 is 15.2 Å². The monoisotopic (exact) mass is 277 g/mol. The second kappa shape index (κ2) is 6.81. The zero-order valence-corrected chi connectivity index (χ0v) is 10.8. The van der Waals surface area contributed by atoms with Crippen molar-refractivity contribution < 1.29 is 14.6 Å². The Hall–Kier alpha value is -0.810. The molecule has 0 spiro atoms. The van der Waals surface area contributed by atoms with Crippen LogP contribution in [0, 0.1) is 0 Å². The third-order valence-electron chi connectivity index (χ3n) is 2.04. The molecule has 1 aromatic carbocycles. The van der Waals surface area contributed by atoms with Gasteiger partial charge in [0.25, 0.3) is 0 Å². The van der Waals surface area contributed by atoms with E-state index in [1.54, 1.807) is 18.2 Å². The lowest BCUT2D eigenvalue weighted by Gasteiger charge is -2.12. The number of carbonyl (C=O) groups is 1. The van der Waals surface area contributed by atoms with Crippen molar-refractivity contribution in [2.75, 3.05) is 20.3 Å². The number of hydrogen-bond acceptors (Lipinski definition) is 3. The van der Waals surface area contributed by atoms with Crippen LogP contribution >= 0.6 is 23.2 Å². The number of amides is 1. The van der Waals surface area contributed by atoms with E-state index in [1.807, 2.05) is 0 Å². The number of aliphatic hydroxyl groups excluding tert-OH is 1. The van der Waals surface area contributed by atoms with Crippen LogP contribution in [0.25, 0.3) is 0 Å². The number of nitrogens with one attached hydrogen (secondary N) is 1. The zero-order valence-electron chi connectivity index (χ0n) is 9.24. The molecule has 0 fully saturated rings. The van der Waals surface area contributed by atoms with E-state index in [0.717, 1.165) is 0 Å². The van der Waals surface area contributed by atoms with Gasteiger partial charge in [0.05, 0.1) is 6.10 Å². The highest BCUT2D eigenvalue weighted by molar-refractivity contribution is 6.34. The Labute approximate surface area is 109 Å². The Morgan fingerprint density at radius 2 is 2.00 bits per heavy atom. The van der Waals surface area contributed by atoms with E-state index in [2.05, 4.69) is 10.1 Å².